The van der Waals surface area contributed by atoms with Crippen LogP contribution in [0.4, 0.5) is 0 Å². The first-order valence-electron chi connectivity index (χ1n) is 32.4. The van der Waals surface area contributed by atoms with E-state index in [4.69, 9.17) is 18.9 Å². The molecule has 2 heterocycles. The summed E-state index contributed by atoms with van der Waals surface area (Å²) in [6, 6.07) is -0.836. The van der Waals surface area contributed by atoms with Crippen molar-refractivity contribution < 1.29 is 64.6 Å². The SMILES string of the molecule is CC/C=C\C/C=C\C/C=C\C/C=C\CCCCCCCCCCC(=O)NC(COC1OC(CO)C(OC2OC(CO)C(O)C(O)C2O)C(O)C1O)C(O)CCCCCCCCCCCCCCCCCCCCCCCCCC. The highest BCUT2D eigenvalue weighted by Crippen LogP contribution is 2.30. The summed E-state index contributed by atoms with van der Waals surface area (Å²) in [5.41, 5.74) is 0. The molecule has 14 nitrogen and oxygen atoms in total. The van der Waals surface area contributed by atoms with Crippen molar-refractivity contribution in [3.63, 3.8) is 0 Å². The van der Waals surface area contributed by atoms with E-state index in [1.807, 2.05) is 0 Å². The molecule has 2 fully saturated rings. The van der Waals surface area contributed by atoms with Gasteiger partial charge in [0.1, 0.15) is 48.8 Å². The third-order valence-electron chi connectivity index (χ3n) is 15.8. The quantitative estimate of drug-likeness (QED) is 0.0204. The fraction of sp³-hybridized carbons (Fsp3) is 0.862. The van der Waals surface area contributed by atoms with Crippen LogP contribution < -0.4 is 5.32 Å². The molecule has 0 aliphatic carbocycles. The second-order valence-electron chi connectivity index (χ2n) is 22.9. The van der Waals surface area contributed by atoms with Crippen LogP contribution in [-0.4, -0.2) is 140 Å². The Labute approximate surface area is 480 Å². The standard InChI is InChI=1S/C65H119NO13/c1-3-5-7-9-11-13-15-17-19-21-23-25-26-27-29-30-32-34-36-38-40-42-44-46-48-54(69)53(52-76-64-62(75)60(73)63(56(51-68)78-64)79-65-61(74)59(72)58(71)55(50-67)77-65)66-57(70)49-47-45-43-41-39-37-35-33-31-28-24-22-20-18-16-14-12-10-8-6-4-2/h6,8,12,14,18,20,24,28,53-56,58-65,67-69,71-75H,3-5,7,9-11,13,15-17,19,21-23,25-27,29-52H2,1-2H3,(H,66,70)/b8-6-,14-12-,20-18-,28-24-. The molecule has 0 bridgehead atoms. The van der Waals surface area contributed by atoms with Crippen molar-refractivity contribution in [1.82, 2.24) is 5.32 Å². The Morgan fingerprint density at radius 2 is 0.873 bits per heavy atom. The smallest absolute Gasteiger partial charge is 0.220 e. The fourth-order valence-corrected chi connectivity index (χ4v) is 10.6. The van der Waals surface area contributed by atoms with E-state index in [0.29, 0.717) is 19.3 Å². The molecule has 0 radical (unpaired) electrons. The lowest BCUT2D eigenvalue weighted by atomic mass is 9.97. The summed E-state index contributed by atoms with van der Waals surface area (Å²) >= 11 is 0. The van der Waals surface area contributed by atoms with Gasteiger partial charge >= 0.3 is 0 Å². The second kappa shape index (κ2) is 50.5. The molecule has 12 unspecified atom stereocenters. The van der Waals surface area contributed by atoms with Crippen LogP contribution in [0.1, 0.15) is 264 Å². The Balaban J connectivity index is 1.72. The highest BCUT2D eigenvalue weighted by Gasteiger charge is 2.51. The van der Waals surface area contributed by atoms with Crippen LogP contribution in [-0.2, 0) is 23.7 Å². The molecular formula is C65H119NO13. The first-order valence-corrected chi connectivity index (χ1v) is 32.4. The number of allylic oxidation sites excluding steroid dienone is 8. The maximum absolute atomic E-state index is 13.3. The highest BCUT2D eigenvalue weighted by molar-refractivity contribution is 5.76. The first-order chi connectivity index (χ1) is 38.6. The molecule has 0 aromatic carbocycles. The van der Waals surface area contributed by atoms with E-state index < -0.39 is 86.8 Å². The molecule has 79 heavy (non-hydrogen) atoms. The summed E-state index contributed by atoms with van der Waals surface area (Å²) in [5, 5.41) is 87.5. The van der Waals surface area contributed by atoms with E-state index >= 15 is 0 Å². The Kier molecular flexibility index (Phi) is 46.7. The lowest BCUT2D eigenvalue weighted by molar-refractivity contribution is -0.359. The van der Waals surface area contributed by atoms with Crippen LogP contribution in [0.5, 0.6) is 0 Å². The minimum absolute atomic E-state index is 0.213. The molecule has 2 rings (SSSR count). The van der Waals surface area contributed by atoms with Gasteiger partial charge in [-0.25, -0.2) is 0 Å². The molecule has 0 saturated carbocycles. The zero-order valence-corrected chi connectivity index (χ0v) is 49.9. The molecule has 9 N–H and O–H groups in total. The third kappa shape index (κ3) is 35.6. The monoisotopic (exact) mass is 1120 g/mol. The predicted molar refractivity (Wildman–Crippen MR) is 318 cm³/mol. The average Bonchev–Trinajstić information content (AvgIpc) is 3.47. The molecule has 2 aliphatic heterocycles. The number of hydrogen-bond donors (Lipinski definition) is 9. The minimum atomic E-state index is -1.78. The number of aliphatic hydroxyl groups excluding tert-OH is 8. The Hall–Kier alpha value is -2.05. The predicted octanol–water partition coefficient (Wildman–Crippen LogP) is 12.0. The Morgan fingerprint density at radius 1 is 0.468 bits per heavy atom. The molecule has 2 saturated heterocycles. The van der Waals surface area contributed by atoms with Gasteiger partial charge in [-0.1, -0.05) is 255 Å². The number of rotatable bonds is 52. The van der Waals surface area contributed by atoms with Crippen molar-refractivity contribution in [3.8, 4) is 0 Å². The van der Waals surface area contributed by atoms with Crippen molar-refractivity contribution in [2.75, 3.05) is 19.8 Å². The van der Waals surface area contributed by atoms with Crippen molar-refractivity contribution in [2.24, 2.45) is 0 Å². The molecule has 1 amide bonds. The van der Waals surface area contributed by atoms with Crippen molar-refractivity contribution in [1.29, 1.82) is 0 Å². The topological polar surface area (TPSA) is 228 Å². The number of carbonyl (C=O) groups is 1. The number of aliphatic hydroxyl groups is 8. The molecule has 14 heteroatoms. The van der Waals surface area contributed by atoms with Gasteiger partial charge < -0.3 is 65.1 Å². The molecule has 2 aliphatic rings. The lowest BCUT2D eigenvalue weighted by Gasteiger charge is -2.46. The second-order valence-corrected chi connectivity index (χ2v) is 22.9. The zero-order chi connectivity index (χ0) is 57.4. The van der Waals surface area contributed by atoms with Crippen LogP contribution in [0.25, 0.3) is 0 Å². The van der Waals surface area contributed by atoms with Crippen molar-refractivity contribution in [3.05, 3.63) is 48.6 Å². The highest BCUT2D eigenvalue weighted by atomic mass is 16.7. The van der Waals surface area contributed by atoms with Gasteiger partial charge in [0.05, 0.1) is 32.0 Å². The van der Waals surface area contributed by atoms with Crippen molar-refractivity contribution in [2.45, 2.75) is 338 Å². The Bertz CT molecular complexity index is 1510. The summed E-state index contributed by atoms with van der Waals surface area (Å²) in [4.78, 5) is 13.3. The molecular weight excluding hydrogens is 1000 g/mol. The van der Waals surface area contributed by atoms with Gasteiger partial charge in [0.25, 0.3) is 0 Å². The van der Waals surface area contributed by atoms with Gasteiger partial charge in [-0.3, -0.25) is 4.79 Å². The molecule has 0 spiro atoms. The molecule has 462 valence electrons. The molecule has 12 atom stereocenters. The normalized spacial score (nSPS) is 24.7. The maximum Gasteiger partial charge on any atom is 0.220 e. The van der Waals surface area contributed by atoms with E-state index in [-0.39, 0.29) is 12.5 Å². The van der Waals surface area contributed by atoms with E-state index in [1.165, 1.54) is 154 Å². The fourth-order valence-electron chi connectivity index (χ4n) is 10.6. The number of nitrogens with one attached hydrogen (secondary N) is 1. The van der Waals surface area contributed by atoms with Gasteiger partial charge in [0, 0.05) is 6.42 Å². The molecule has 0 aromatic heterocycles. The van der Waals surface area contributed by atoms with E-state index in [9.17, 15) is 45.6 Å². The number of hydrogen-bond acceptors (Lipinski definition) is 13. The van der Waals surface area contributed by atoms with Crippen LogP contribution in [0.15, 0.2) is 48.6 Å². The lowest BCUT2D eigenvalue weighted by Crippen LogP contribution is -2.65. The van der Waals surface area contributed by atoms with E-state index in [1.54, 1.807) is 0 Å². The van der Waals surface area contributed by atoms with Gasteiger partial charge in [-0.05, 0) is 51.4 Å². The van der Waals surface area contributed by atoms with Gasteiger partial charge in [-0.15, -0.1) is 0 Å². The average molecular weight is 1120 g/mol. The van der Waals surface area contributed by atoms with Gasteiger partial charge in [0.15, 0.2) is 12.6 Å². The summed E-state index contributed by atoms with van der Waals surface area (Å²) < 4.78 is 22.9. The number of carbonyl (C=O) groups excluding carboxylic acids is 1. The maximum atomic E-state index is 13.3. The first kappa shape index (κ1) is 73.1. The van der Waals surface area contributed by atoms with E-state index in [0.717, 1.165) is 77.0 Å². The number of ether oxygens (including phenoxy) is 4. The summed E-state index contributed by atoms with van der Waals surface area (Å²) in [5.74, 6) is -0.213. The van der Waals surface area contributed by atoms with E-state index in [2.05, 4.69) is 67.8 Å². The zero-order valence-electron chi connectivity index (χ0n) is 49.9. The largest absolute Gasteiger partial charge is 0.394 e. The summed E-state index contributed by atoms with van der Waals surface area (Å²) in [6.45, 7) is 2.77. The summed E-state index contributed by atoms with van der Waals surface area (Å²) in [7, 11) is 0. The minimum Gasteiger partial charge on any atom is -0.394 e. The molecule has 0 aromatic rings. The van der Waals surface area contributed by atoms with Crippen LogP contribution in [0, 0.1) is 0 Å². The number of amides is 1. The third-order valence-corrected chi connectivity index (χ3v) is 15.8. The van der Waals surface area contributed by atoms with Crippen molar-refractivity contribution >= 4 is 5.91 Å². The van der Waals surface area contributed by atoms with Gasteiger partial charge in [-0.2, -0.15) is 0 Å². The Morgan fingerprint density at radius 3 is 1.34 bits per heavy atom. The van der Waals surface area contributed by atoms with Crippen LogP contribution >= 0.6 is 0 Å². The van der Waals surface area contributed by atoms with Gasteiger partial charge in [0.2, 0.25) is 5.91 Å². The summed E-state index contributed by atoms with van der Waals surface area (Å²) in [6.07, 6.45) is 46.8. The van der Waals surface area contributed by atoms with Crippen LogP contribution in [0.2, 0.25) is 0 Å². The van der Waals surface area contributed by atoms with Crippen LogP contribution in [0.3, 0.4) is 0 Å². The number of unbranched alkanes of at least 4 members (excludes halogenated alkanes) is 31.